The van der Waals surface area contributed by atoms with Gasteiger partial charge in [0.15, 0.2) is 0 Å². The first-order chi connectivity index (χ1) is 7.68. The molecule has 0 aromatic carbocycles. The van der Waals surface area contributed by atoms with Crippen molar-refractivity contribution in [1.82, 2.24) is 19.5 Å². The number of halogens is 1. The Hall–Kier alpha value is -1.43. The summed E-state index contributed by atoms with van der Waals surface area (Å²) in [6.07, 6.45) is 6.99. The van der Waals surface area contributed by atoms with Gasteiger partial charge in [-0.05, 0) is 15.9 Å². The van der Waals surface area contributed by atoms with Crippen LogP contribution in [0, 0.1) is 0 Å². The van der Waals surface area contributed by atoms with E-state index >= 15 is 0 Å². The van der Waals surface area contributed by atoms with E-state index in [2.05, 4.69) is 30.9 Å². The summed E-state index contributed by atoms with van der Waals surface area (Å²) in [7, 11) is 3.95. The van der Waals surface area contributed by atoms with Gasteiger partial charge in [0.05, 0.1) is 11.0 Å². The van der Waals surface area contributed by atoms with Crippen molar-refractivity contribution in [2.45, 2.75) is 6.54 Å². The van der Waals surface area contributed by atoms with Gasteiger partial charge in [0.25, 0.3) is 0 Å². The van der Waals surface area contributed by atoms with Crippen LogP contribution in [-0.2, 0) is 13.6 Å². The molecule has 2 heterocycles. The quantitative estimate of drug-likeness (QED) is 0.858. The van der Waals surface area contributed by atoms with E-state index in [1.807, 2.05) is 29.8 Å². The van der Waals surface area contributed by atoms with Crippen molar-refractivity contribution in [3.8, 4) is 0 Å². The maximum atomic E-state index is 4.27. The van der Waals surface area contributed by atoms with Crippen LogP contribution in [0.15, 0.2) is 29.4 Å². The van der Waals surface area contributed by atoms with Gasteiger partial charge in [0.2, 0.25) is 0 Å². The van der Waals surface area contributed by atoms with Crippen LogP contribution in [0.5, 0.6) is 0 Å². The second-order valence-corrected chi connectivity index (χ2v) is 4.36. The molecule has 84 valence electrons. The summed E-state index contributed by atoms with van der Waals surface area (Å²) in [6.45, 7) is 0.707. The summed E-state index contributed by atoms with van der Waals surface area (Å²) in [5.41, 5.74) is 0. The number of rotatable bonds is 3. The molecule has 0 bridgehead atoms. The minimum atomic E-state index is 0.707. The van der Waals surface area contributed by atoms with Crippen molar-refractivity contribution in [2.75, 3.05) is 11.9 Å². The molecule has 16 heavy (non-hydrogen) atoms. The molecule has 0 N–H and O–H groups in total. The molecule has 0 aliphatic rings. The zero-order valence-electron chi connectivity index (χ0n) is 9.13. The summed E-state index contributed by atoms with van der Waals surface area (Å²) in [5, 5.41) is 0. The molecule has 0 radical (unpaired) electrons. The third-order valence-corrected chi connectivity index (χ3v) is 2.87. The summed E-state index contributed by atoms with van der Waals surface area (Å²) in [4.78, 5) is 14.5. The lowest BCUT2D eigenvalue weighted by atomic mass is 10.4. The molecular formula is C10H12BrN5. The molecule has 0 unspecified atom stereocenters. The monoisotopic (exact) mass is 281 g/mol. The minimum Gasteiger partial charge on any atom is -0.351 e. The predicted octanol–water partition coefficient (Wildman–Crippen LogP) is 1.61. The van der Waals surface area contributed by atoms with Gasteiger partial charge < -0.3 is 9.47 Å². The molecule has 0 saturated heterocycles. The zero-order valence-corrected chi connectivity index (χ0v) is 10.7. The highest BCUT2D eigenvalue weighted by Gasteiger charge is 2.09. The van der Waals surface area contributed by atoms with Crippen LogP contribution in [0.4, 0.5) is 5.82 Å². The first kappa shape index (κ1) is 11.1. The Balaban J connectivity index is 2.18. The number of hydrogen-bond acceptors (Lipinski definition) is 4. The average molecular weight is 282 g/mol. The van der Waals surface area contributed by atoms with Crippen LogP contribution < -0.4 is 4.90 Å². The van der Waals surface area contributed by atoms with Gasteiger partial charge in [-0.2, -0.15) is 0 Å². The Morgan fingerprint density at radius 3 is 2.88 bits per heavy atom. The smallest absolute Gasteiger partial charge is 0.146 e. The molecule has 0 amide bonds. The maximum absolute atomic E-state index is 4.27. The number of hydrogen-bond donors (Lipinski definition) is 0. The van der Waals surface area contributed by atoms with Crippen molar-refractivity contribution >= 4 is 21.7 Å². The fourth-order valence-electron chi connectivity index (χ4n) is 1.42. The third kappa shape index (κ3) is 2.21. The molecule has 0 fully saturated rings. The van der Waals surface area contributed by atoms with E-state index in [9.17, 15) is 0 Å². The maximum Gasteiger partial charge on any atom is 0.146 e. The zero-order chi connectivity index (χ0) is 11.5. The Morgan fingerprint density at radius 1 is 1.44 bits per heavy atom. The standard InChI is InChI=1S/C10H12BrN5/c1-15-4-3-13-9(15)6-16(2)10-8(11)5-12-7-14-10/h3-5,7H,6H2,1-2H3. The third-order valence-electron chi connectivity index (χ3n) is 2.31. The van der Waals surface area contributed by atoms with E-state index in [-0.39, 0.29) is 0 Å². The number of aromatic nitrogens is 4. The summed E-state index contributed by atoms with van der Waals surface area (Å²) in [6, 6.07) is 0. The normalized spacial score (nSPS) is 10.4. The predicted molar refractivity (Wildman–Crippen MR) is 65.0 cm³/mol. The van der Waals surface area contributed by atoms with Crippen molar-refractivity contribution < 1.29 is 0 Å². The van der Waals surface area contributed by atoms with E-state index < -0.39 is 0 Å². The van der Waals surface area contributed by atoms with Gasteiger partial charge in [-0.1, -0.05) is 0 Å². The first-order valence-electron chi connectivity index (χ1n) is 4.81. The van der Waals surface area contributed by atoms with Crippen molar-refractivity contribution in [2.24, 2.45) is 7.05 Å². The Labute approximate surface area is 102 Å². The SMILES string of the molecule is CN(Cc1nccn1C)c1ncncc1Br. The highest BCUT2D eigenvalue weighted by atomic mass is 79.9. The van der Waals surface area contributed by atoms with Crippen LogP contribution >= 0.6 is 15.9 Å². The van der Waals surface area contributed by atoms with Crippen LogP contribution in [0.1, 0.15) is 5.82 Å². The van der Waals surface area contributed by atoms with E-state index in [0.717, 1.165) is 16.1 Å². The van der Waals surface area contributed by atoms with E-state index in [4.69, 9.17) is 0 Å². The fraction of sp³-hybridized carbons (Fsp3) is 0.300. The molecule has 0 aliphatic carbocycles. The van der Waals surface area contributed by atoms with Gasteiger partial charge in [-0.3, -0.25) is 0 Å². The number of imidazole rings is 1. The molecule has 0 aliphatic heterocycles. The van der Waals surface area contributed by atoms with E-state index in [0.29, 0.717) is 6.54 Å². The second-order valence-electron chi connectivity index (χ2n) is 3.50. The number of anilines is 1. The molecule has 2 rings (SSSR count). The van der Waals surface area contributed by atoms with Crippen LogP contribution in [-0.4, -0.2) is 26.6 Å². The number of aryl methyl sites for hydroxylation is 1. The Morgan fingerprint density at radius 2 is 2.25 bits per heavy atom. The summed E-state index contributed by atoms with van der Waals surface area (Å²) < 4.78 is 2.87. The van der Waals surface area contributed by atoms with Crippen molar-refractivity contribution in [1.29, 1.82) is 0 Å². The lowest BCUT2D eigenvalue weighted by Crippen LogP contribution is -2.20. The molecule has 0 spiro atoms. The molecule has 2 aromatic rings. The average Bonchev–Trinajstić information content (AvgIpc) is 2.65. The lowest BCUT2D eigenvalue weighted by molar-refractivity contribution is 0.753. The Kier molecular flexibility index (Phi) is 3.19. The highest BCUT2D eigenvalue weighted by Crippen LogP contribution is 2.21. The van der Waals surface area contributed by atoms with Crippen molar-refractivity contribution in [3.63, 3.8) is 0 Å². The van der Waals surface area contributed by atoms with Gasteiger partial charge in [0, 0.05) is 32.7 Å². The summed E-state index contributed by atoms with van der Waals surface area (Å²) in [5.74, 6) is 1.85. The molecule has 6 heteroatoms. The van der Waals surface area contributed by atoms with Gasteiger partial charge >= 0.3 is 0 Å². The highest BCUT2D eigenvalue weighted by molar-refractivity contribution is 9.10. The van der Waals surface area contributed by atoms with Crippen molar-refractivity contribution in [3.05, 3.63) is 35.2 Å². The second kappa shape index (κ2) is 4.61. The minimum absolute atomic E-state index is 0.707. The van der Waals surface area contributed by atoms with Crippen LogP contribution in [0.3, 0.4) is 0 Å². The molecule has 0 saturated carbocycles. The lowest BCUT2D eigenvalue weighted by Gasteiger charge is -2.18. The number of nitrogens with zero attached hydrogens (tertiary/aromatic N) is 5. The van der Waals surface area contributed by atoms with Gasteiger partial charge in [-0.25, -0.2) is 15.0 Å². The molecular weight excluding hydrogens is 270 g/mol. The first-order valence-corrected chi connectivity index (χ1v) is 5.60. The van der Waals surface area contributed by atoms with Gasteiger partial charge in [-0.15, -0.1) is 0 Å². The van der Waals surface area contributed by atoms with Crippen LogP contribution in [0.25, 0.3) is 0 Å². The molecule has 0 atom stereocenters. The summed E-state index contributed by atoms with van der Waals surface area (Å²) >= 11 is 3.43. The molecule has 5 nitrogen and oxygen atoms in total. The van der Waals surface area contributed by atoms with E-state index in [1.54, 1.807) is 12.4 Å². The van der Waals surface area contributed by atoms with Gasteiger partial charge in [0.1, 0.15) is 18.0 Å². The van der Waals surface area contributed by atoms with Crippen LogP contribution in [0.2, 0.25) is 0 Å². The fourth-order valence-corrected chi connectivity index (χ4v) is 1.95. The molecule has 2 aromatic heterocycles. The largest absolute Gasteiger partial charge is 0.351 e. The Bertz CT molecular complexity index is 482. The topological polar surface area (TPSA) is 46.8 Å². The van der Waals surface area contributed by atoms with E-state index in [1.165, 1.54) is 6.33 Å².